The highest BCUT2D eigenvalue weighted by molar-refractivity contribution is 5.80. The second kappa shape index (κ2) is 8.65. The van der Waals surface area contributed by atoms with E-state index in [2.05, 4.69) is 63.3 Å². The van der Waals surface area contributed by atoms with Crippen LogP contribution < -0.4 is 15.4 Å². The second-order valence-corrected chi connectivity index (χ2v) is 8.76. The molecule has 5 rings (SSSR count). The fourth-order valence-electron chi connectivity index (χ4n) is 4.31. The van der Waals surface area contributed by atoms with Crippen molar-refractivity contribution in [2.75, 3.05) is 13.2 Å². The number of aryl methyl sites for hydroxylation is 1. The molecule has 1 atom stereocenters. The number of ether oxygens (including phenoxy) is 1. The molecule has 2 aromatic carbocycles. The Kier molecular flexibility index (Phi) is 5.55. The Morgan fingerprint density at radius 3 is 2.66 bits per heavy atom. The minimum atomic E-state index is 0.152. The van der Waals surface area contributed by atoms with Crippen LogP contribution in [0.25, 0.3) is 0 Å². The highest BCUT2D eigenvalue weighted by atomic mass is 16.5. The lowest BCUT2D eigenvalue weighted by Crippen LogP contribution is -2.44. The van der Waals surface area contributed by atoms with Crippen LogP contribution in [0.4, 0.5) is 0 Å². The normalized spacial score (nSPS) is 19.1. The molecule has 0 radical (unpaired) electrons. The summed E-state index contributed by atoms with van der Waals surface area (Å²) >= 11 is 0. The number of guanidine groups is 1. The van der Waals surface area contributed by atoms with Crippen LogP contribution in [0.3, 0.4) is 0 Å². The fraction of sp³-hybridized carbons (Fsp3) is 0.400. The first kappa shape index (κ1) is 20.5. The summed E-state index contributed by atoms with van der Waals surface area (Å²) in [4.78, 5) is 4.89. The van der Waals surface area contributed by atoms with Crippen molar-refractivity contribution >= 4 is 5.96 Å². The Hall–Kier alpha value is -3.35. The van der Waals surface area contributed by atoms with Gasteiger partial charge in [0.15, 0.2) is 11.8 Å². The molecule has 1 aromatic heterocycles. The summed E-state index contributed by atoms with van der Waals surface area (Å²) in [5.74, 6) is 3.48. The van der Waals surface area contributed by atoms with E-state index in [9.17, 15) is 0 Å². The summed E-state index contributed by atoms with van der Waals surface area (Å²) in [6, 6.07) is 19.2. The molecule has 0 spiro atoms. The van der Waals surface area contributed by atoms with Crippen LogP contribution in [-0.2, 0) is 19.0 Å². The first-order chi connectivity index (χ1) is 15.6. The third kappa shape index (κ3) is 4.20. The summed E-state index contributed by atoms with van der Waals surface area (Å²) in [7, 11) is 1.98. The quantitative estimate of drug-likeness (QED) is 0.463. The Labute approximate surface area is 188 Å². The number of nitrogens with zero attached hydrogens (tertiary/aromatic N) is 4. The molecule has 2 N–H and O–H groups in total. The average molecular weight is 431 g/mol. The molecule has 0 amide bonds. The van der Waals surface area contributed by atoms with Gasteiger partial charge in [0.2, 0.25) is 0 Å². The zero-order chi connectivity index (χ0) is 22.0. The number of hydrogen-bond acceptors (Lipinski definition) is 4. The number of rotatable bonds is 6. The zero-order valence-corrected chi connectivity index (χ0v) is 18.7. The molecule has 1 aliphatic heterocycles. The molecule has 32 heavy (non-hydrogen) atoms. The van der Waals surface area contributed by atoms with E-state index >= 15 is 0 Å². The lowest BCUT2D eigenvalue weighted by atomic mass is 9.96. The number of hydrogen-bond donors (Lipinski definition) is 2. The van der Waals surface area contributed by atoms with Crippen molar-refractivity contribution in [1.29, 1.82) is 0 Å². The number of fused-ring (bicyclic) bond motifs is 1. The van der Waals surface area contributed by atoms with Crippen LogP contribution >= 0.6 is 0 Å². The molecule has 1 aliphatic carbocycles. The Bertz CT molecular complexity index is 1100. The molecule has 1 unspecified atom stereocenters. The van der Waals surface area contributed by atoms with Gasteiger partial charge in [0.1, 0.15) is 18.1 Å². The van der Waals surface area contributed by atoms with Crippen molar-refractivity contribution < 1.29 is 4.74 Å². The van der Waals surface area contributed by atoms with E-state index in [-0.39, 0.29) is 11.5 Å². The highest BCUT2D eigenvalue weighted by Gasteiger charge is 2.44. The summed E-state index contributed by atoms with van der Waals surface area (Å²) in [6.07, 6.45) is 3.28. The molecule has 0 saturated heterocycles. The van der Waals surface area contributed by atoms with Gasteiger partial charge in [-0.2, -0.15) is 0 Å². The van der Waals surface area contributed by atoms with E-state index in [4.69, 9.17) is 9.73 Å². The van der Waals surface area contributed by atoms with Crippen molar-refractivity contribution in [2.24, 2.45) is 12.0 Å². The molecule has 0 bridgehead atoms. The van der Waals surface area contributed by atoms with Gasteiger partial charge in [0.05, 0.1) is 12.6 Å². The van der Waals surface area contributed by atoms with Gasteiger partial charge in [-0.15, -0.1) is 10.2 Å². The van der Waals surface area contributed by atoms with Crippen LogP contribution in [0, 0.1) is 6.92 Å². The van der Waals surface area contributed by atoms with Gasteiger partial charge in [-0.3, -0.25) is 0 Å². The van der Waals surface area contributed by atoms with E-state index in [1.807, 2.05) is 30.7 Å². The number of aliphatic imine (C=N–C) groups is 1. The Balaban J connectivity index is 1.36. The van der Waals surface area contributed by atoms with E-state index in [0.717, 1.165) is 36.3 Å². The molecular formula is C25H30N6O. The standard InChI is InChI=1S/C25H30N6O/c1-18-29-30-23(31(18)2)16-26-24(27-17-25(13-14-25)19-8-4-3-5-9-19)28-21-12-15-32-22-11-7-6-10-20(21)22/h3-11,21H,12-17H2,1-2H3,(H2,26,27,28). The molecule has 7 heteroatoms. The summed E-state index contributed by atoms with van der Waals surface area (Å²) in [6.45, 7) is 3.97. The molecule has 2 aliphatic rings. The van der Waals surface area contributed by atoms with Crippen molar-refractivity contribution in [3.05, 3.63) is 77.4 Å². The molecule has 1 fully saturated rings. The predicted molar refractivity (Wildman–Crippen MR) is 125 cm³/mol. The van der Waals surface area contributed by atoms with Gasteiger partial charge in [0, 0.05) is 31.0 Å². The van der Waals surface area contributed by atoms with Gasteiger partial charge >= 0.3 is 0 Å². The lowest BCUT2D eigenvalue weighted by Gasteiger charge is -2.29. The monoisotopic (exact) mass is 430 g/mol. The van der Waals surface area contributed by atoms with Crippen LogP contribution in [0.1, 0.15) is 48.1 Å². The summed E-state index contributed by atoms with van der Waals surface area (Å²) in [5, 5.41) is 15.7. The van der Waals surface area contributed by atoms with E-state index in [1.165, 1.54) is 24.0 Å². The topological polar surface area (TPSA) is 76.4 Å². The maximum absolute atomic E-state index is 5.84. The van der Waals surface area contributed by atoms with E-state index in [1.54, 1.807) is 0 Å². The van der Waals surface area contributed by atoms with Crippen LogP contribution in [-0.4, -0.2) is 33.9 Å². The summed E-state index contributed by atoms with van der Waals surface area (Å²) < 4.78 is 7.83. The van der Waals surface area contributed by atoms with Crippen molar-refractivity contribution in [3.8, 4) is 5.75 Å². The number of nitrogens with one attached hydrogen (secondary N) is 2. The molecule has 3 aromatic rings. The smallest absolute Gasteiger partial charge is 0.192 e. The summed E-state index contributed by atoms with van der Waals surface area (Å²) in [5.41, 5.74) is 2.76. The van der Waals surface area contributed by atoms with E-state index in [0.29, 0.717) is 13.2 Å². The van der Waals surface area contributed by atoms with Gasteiger partial charge in [0.25, 0.3) is 0 Å². The Morgan fingerprint density at radius 1 is 1.12 bits per heavy atom. The SMILES string of the molecule is Cc1nnc(CN=C(NCC2(c3ccccc3)CC2)NC2CCOc3ccccc32)n1C. The number of benzene rings is 2. The lowest BCUT2D eigenvalue weighted by molar-refractivity contribution is 0.261. The minimum absolute atomic E-state index is 0.152. The number of aromatic nitrogens is 3. The molecular weight excluding hydrogens is 400 g/mol. The van der Waals surface area contributed by atoms with E-state index < -0.39 is 0 Å². The minimum Gasteiger partial charge on any atom is -0.493 e. The van der Waals surface area contributed by atoms with Crippen molar-refractivity contribution in [1.82, 2.24) is 25.4 Å². The van der Waals surface area contributed by atoms with Gasteiger partial charge in [-0.1, -0.05) is 48.5 Å². The highest BCUT2D eigenvalue weighted by Crippen LogP contribution is 2.47. The van der Waals surface area contributed by atoms with Crippen LogP contribution in [0.2, 0.25) is 0 Å². The zero-order valence-electron chi connectivity index (χ0n) is 18.7. The average Bonchev–Trinajstić information content (AvgIpc) is 3.57. The third-order valence-corrected chi connectivity index (χ3v) is 6.66. The Morgan fingerprint density at radius 2 is 1.91 bits per heavy atom. The number of para-hydroxylation sites is 1. The third-order valence-electron chi connectivity index (χ3n) is 6.66. The maximum Gasteiger partial charge on any atom is 0.192 e. The fourth-order valence-corrected chi connectivity index (χ4v) is 4.31. The maximum atomic E-state index is 5.84. The molecule has 2 heterocycles. The van der Waals surface area contributed by atoms with Crippen LogP contribution in [0.15, 0.2) is 59.6 Å². The van der Waals surface area contributed by atoms with Gasteiger partial charge in [-0.25, -0.2) is 4.99 Å². The molecule has 1 saturated carbocycles. The van der Waals surface area contributed by atoms with Crippen molar-refractivity contribution in [3.63, 3.8) is 0 Å². The first-order valence-electron chi connectivity index (χ1n) is 11.3. The predicted octanol–water partition coefficient (Wildman–Crippen LogP) is 3.41. The second-order valence-electron chi connectivity index (χ2n) is 8.76. The van der Waals surface area contributed by atoms with Crippen LogP contribution in [0.5, 0.6) is 5.75 Å². The first-order valence-corrected chi connectivity index (χ1v) is 11.3. The molecule has 166 valence electrons. The van der Waals surface area contributed by atoms with Crippen molar-refractivity contribution in [2.45, 2.75) is 44.2 Å². The molecule has 7 nitrogen and oxygen atoms in total. The largest absolute Gasteiger partial charge is 0.493 e. The van der Waals surface area contributed by atoms with Gasteiger partial charge < -0.3 is 19.9 Å². The van der Waals surface area contributed by atoms with Gasteiger partial charge in [-0.05, 0) is 31.4 Å².